The minimum Gasteiger partial charge on any atom is -0.377 e. The van der Waals surface area contributed by atoms with Crippen LogP contribution >= 0.6 is 0 Å². The van der Waals surface area contributed by atoms with Crippen molar-refractivity contribution in [3.05, 3.63) is 56.8 Å². The molecule has 0 aliphatic rings. The van der Waals surface area contributed by atoms with Gasteiger partial charge in [-0.1, -0.05) is 5.18 Å². The molecule has 9 nitrogen and oxygen atoms in total. The van der Waals surface area contributed by atoms with Gasteiger partial charge >= 0.3 is 0 Å². The quantitative estimate of drug-likeness (QED) is 0.315. The largest absolute Gasteiger partial charge is 0.377 e. The van der Waals surface area contributed by atoms with Crippen molar-refractivity contribution in [3.63, 3.8) is 0 Å². The van der Waals surface area contributed by atoms with E-state index in [0.717, 1.165) is 0 Å². The molecule has 23 heavy (non-hydrogen) atoms. The Kier molecular flexibility index (Phi) is 7.48. The summed E-state index contributed by atoms with van der Waals surface area (Å²) in [4.78, 5) is 37.0. The number of pyridine rings is 1. The first-order chi connectivity index (χ1) is 11.0. The molecule has 1 aromatic rings. The number of hydrogen-bond donors (Lipinski definition) is 1. The van der Waals surface area contributed by atoms with E-state index in [0.29, 0.717) is 11.1 Å². The van der Waals surface area contributed by atoms with Crippen molar-refractivity contribution in [3.8, 4) is 0 Å². The summed E-state index contributed by atoms with van der Waals surface area (Å²) in [5.74, 6) is -0.380. The molecule has 0 bridgehead atoms. The number of nitrogens with one attached hydrogen (secondary N) is 1. The second kappa shape index (κ2) is 9.36. The zero-order valence-electron chi connectivity index (χ0n) is 12.8. The smallest absolute Gasteiger partial charge is 0.256 e. The summed E-state index contributed by atoms with van der Waals surface area (Å²) in [6.45, 7) is 1.36. The lowest BCUT2D eigenvalue weighted by atomic mass is 10.1. The first kappa shape index (κ1) is 18.4. The zero-order chi connectivity index (χ0) is 17.2. The average molecular weight is 322 g/mol. The molecule has 2 unspecified atom stereocenters. The minimum atomic E-state index is -1.06. The van der Waals surface area contributed by atoms with Gasteiger partial charge in [0, 0.05) is 42.1 Å². The number of nitrogens with zero attached hydrogens (tertiary/aromatic N) is 3. The Balaban J connectivity index is 2.69. The Hall–Kier alpha value is -2.68. The van der Waals surface area contributed by atoms with Crippen LogP contribution in [-0.2, 0) is 4.74 Å². The lowest BCUT2D eigenvalue weighted by Crippen LogP contribution is -2.32. The summed E-state index contributed by atoms with van der Waals surface area (Å²) in [5, 5.41) is 16.4. The highest BCUT2D eigenvalue weighted by atomic mass is 16.6. The van der Waals surface area contributed by atoms with Crippen LogP contribution in [0, 0.1) is 15.0 Å². The fourth-order valence-corrected chi connectivity index (χ4v) is 1.86. The Labute approximate surface area is 132 Å². The summed E-state index contributed by atoms with van der Waals surface area (Å²) < 4.78 is 4.79. The van der Waals surface area contributed by atoms with Crippen molar-refractivity contribution in [1.82, 2.24) is 10.3 Å². The van der Waals surface area contributed by atoms with Gasteiger partial charge in [-0.05, 0) is 25.1 Å². The van der Waals surface area contributed by atoms with Crippen molar-refractivity contribution < 1.29 is 14.5 Å². The summed E-state index contributed by atoms with van der Waals surface area (Å²) in [7, 11) is 1.36. The first-order valence-corrected chi connectivity index (χ1v) is 6.81. The van der Waals surface area contributed by atoms with Gasteiger partial charge in [0.15, 0.2) is 0 Å². The predicted molar refractivity (Wildman–Crippen MR) is 82.6 cm³/mol. The Morgan fingerprint density at radius 2 is 2.17 bits per heavy atom. The van der Waals surface area contributed by atoms with Crippen LogP contribution in [0.1, 0.15) is 17.3 Å². The molecular formula is C14H18N4O5. The van der Waals surface area contributed by atoms with Gasteiger partial charge in [-0.25, -0.2) is 0 Å². The van der Waals surface area contributed by atoms with Crippen molar-refractivity contribution in [2.45, 2.75) is 19.0 Å². The number of carbonyl (C=O) groups is 1. The lowest BCUT2D eigenvalue weighted by Gasteiger charge is -2.11. The maximum atomic E-state index is 11.9. The topological polar surface area (TPSA) is 124 Å². The van der Waals surface area contributed by atoms with Gasteiger partial charge < -0.3 is 10.1 Å². The molecule has 0 radical (unpaired) electrons. The zero-order valence-corrected chi connectivity index (χ0v) is 12.8. The molecule has 1 amide bonds. The average Bonchev–Trinajstić information content (AvgIpc) is 2.56. The lowest BCUT2D eigenvalue weighted by molar-refractivity contribution is -0.515. The monoisotopic (exact) mass is 322 g/mol. The Morgan fingerprint density at radius 1 is 1.52 bits per heavy atom. The molecule has 1 aromatic heterocycles. The number of hydrogen-bond acceptors (Lipinski definition) is 7. The Bertz CT molecular complexity index is 576. The molecule has 0 aliphatic heterocycles. The molecule has 0 saturated heterocycles. The highest BCUT2D eigenvalue weighted by Gasteiger charge is 2.23. The van der Waals surface area contributed by atoms with Crippen molar-refractivity contribution in [2.75, 3.05) is 20.3 Å². The van der Waals surface area contributed by atoms with Crippen molar-refractivity contribution >= 4 is 5.91 Å². The first-order valence-electron chi connectivity index (χ1n) is 6.81. The molecular weight excluding hydrogens is 304 g/mol. The highest BCUT2D eigenvalue weighted by molar-refractivity contribution is 5.93. The Morgan fingerprint density at radius 3 is 2.70 bits per heavy atom. The SMILES string of the molecule is COCC(C(C)=CC(CNC(=O)c1ccncc1)N=O)[N+](=O)[O-]. The minimum absolute atomic E-state index is 0.0561. The fraction of sp³-hybridized carbons (Fsp3) is 0.429. The molecule has 0 saturated carbocycles. The molecule has 124 valence electrons. The molecule has 0 fully saturated rings. The third-order valence-corrected chi connectivity index (χ3v) is 3.11. The summed E-state index contributed by atoms with van der Waals surface area (Å²) in [6.07, 6.45) is 4.31. The number of rotatable bonds is 9. The third kappa shape index (κ3) is 5.91. The van der Waals surface area contributed by atoms with Crippen LogP contribution in [0.25, 0.3) is 0 Å². The number of methoxy groups -OCH3 is 1. The van der Waals surface area contributed by atoms with E-state index in [-0.39, 0.29) is 19.1 Å². The van der Waals surface area contributed by atoms with Crippen molar-refractivity contribution in [1.29, 1.82) is 0 Å². The van der Waals surface area contributed by atoms with Crippen LogP contribution in [0.2, 0.25) is 0 Å². The molecule has 2 atom stereocenters. The standard InChI is InChI=1S/C14H18N4O5/c1-10(13(9-23-2)18(21)22)7-12(17-20)8-16-14(19)11-3-5-15-6-4-11/h3-7,12-13H,8-9H2,1-2H3,(H,16,19). The maximum Gasteiger partial charge on any atom is 0.256 e. The molecule has 9 heteroatoms. The second-order valence-corrected chi connectivity index (χ2v) is 4.79. The maximum absolute atomic E-state index is 11.9. The van der Waals surface area contributed by atoms with Crippen LogP contribution in [0.3, 0.4) is 0 Å². The molecule has 0 aromatic carbocycles. The van der Waals surface area contributed by atoms with Crippen LogP contribution < -0.4 is 5.32 Å². The van der Waals surface area contributed by atoms with Gasteiger partial charge in [0.1, 0.15) is 12.6 Å². The molecule has 0 aliphatic carbocycles. The number of amides is 1. The van der Waals surface area contributed by atoms with E-state index in [2.05, 4.69) is 15.5 Å². The van der Waals surface area contributed by atoms with Gasteiger partial charge in [0.25, 0.3) is 11.9 Å². The van der Waals surface area contributed by atoms with E-state index in [1.54, 1.807) is 0 Å². The fourth-order valence-electron chi connectivity index (χ4n) is 1.86. The van der Waals surface area contributed by atoms with Gasteiger partial charge in [-0.15, -0.1) is 0 Å². The summed E-state index contributed by atoms with van der Waals surface area (Å²) in [5.41, 5.74) is 0.743. The van der Waals surface area contributed by atoms with E-state index in [4.69, 9.17) is 4.74 Å². The van der Waals surface area contributed by atoms with Crippen molar-refractivity contribution in [2.24, 2.45) is 5.18 Å². The van der Waals surface area contributed by atoms with Crippen LogP contribution in [-0.4, -0.2) is 48.2 Å². The summed E-state index contributed by atoms with van der Waals surface area (Å²) in [6, 6.07) is 1.10. The van der Waals surface area contributed by atoms with Gasteiger partial charge in [0.05, 0.1) is 0 Å². The highest BCUT2D eigenvalue weighted by Crippen LogP contribution is 2.09. The van der Waals surface area contributed by atoms with Gasteiger partial charge in [0.2, 0.25) is 0 Å². The summed E-state index contributed by atoms with van der Waals surface area (Å²) >= 11 is 0. The van der Waals surface area contributed by atoms with E-state index in [9.17, 15) is 19.8 Å². The number of nitro groups is 1. The molecule has 1 heterocycles. The molecule has 1 N–H and O–H groups in total. The van der Waals surface area contributed by atoms with Crippen LogP contribution in [0.4, 0.5) is 0 Å². The van der Waals surface area contributed by atoms with Gasteiger partial charge in [-0.2, -0.15) is 4.91 Å². The predicted octanol–water partition coefficient (Wildman–Crippen LogP) is 1.18. The second-order valence-electron chi connectivity index (χ2n) is 4.79. The van der Waals surface area contributed by atoms with E-state index in [1.165, 1.54) is 44.6 Å². The number of aromatic nitrogens is 1. The number of ether oxygens (including phenoxy) is 1. The van der Waals surface area contributed by atoms with Gasteiger partial charge in [-0.3, -0.25) is 19.9 Å². The van der Waals surface area contributed by atoms with Crippen LogP contribution in [0.15, 0.2) is 41.4 Å². The van der Waals surface area contributed by atoms with E-state index >= 15 is 0 Å². The normalized spacial score (nSPS) is 13.9. The molecule has 1 rings (SSSR count). The van der Waals surface area contributed by atoms with E-state index in [1.807, 2.05) is 0 Å². The van der Waals surface area contributed by atoms with E-state index < -0.39 is 17.0 Å². The number of nitroso groups, excluding NO2 is 1. The third-order valence-electron chi connectivity index (χ3n) is 3.11. The number of carbonyl (C=O) groups excluding carboxylic acids is 1. The molecule has 0 spiro atoms. The van der Waals surface area contributed by atoms with Crippen LogP contribution in [0.5, 0.6) is 0 Å².